The zero-order chi connectivity index (χ0) is 13.9. The van der Waals surface area contributed by atoms with E-state index in [9.17, 15) is 9.59 Å². The Morgan fingerprint density at radius 3 is 2.32 bits per heavy atom. The zero-order valence-corrected chi connectivity index (χ0v) is 12.3. The van der Waals surface area contributed by atoms with Crippen LogP contribution in [0.1, 0.15) is 19.8 Å². The molecule has 0 N–H and O–H groups in total. The largest absolute Gasteiger partial charge is 0.381 e. The van der Waals surface area contributed by atoms with E-state index >= 15 is 0 Å². The van der Waals surface area contributed by atoms with Gasteiger partial charge in [0, 0.05) is 31.7 Å². The highest BCUT2D eigenvalue weighted by atomic mass is 32.1. The summed E-state index contributed by atoms with van der Waals surface area (Å²) in [5.74, 6) is 0.823. The summed E-state index contributed by atoms with van der Waals surface area (Å²) in [5.41, 5.74) is 0.00564. The number of piperazine rings is 1. The third-order valence-electron chi connectivity index (χ3n) is 4.15. The van der Waals surface area contributed by atoms with Crippen molar-refractivity contribution in [3.05, 3.63) is 0 Å². The Labute approximate surface area is 119 Å². The molecule has 0 unspecified atom stereocenters. The molecule has 2 saturated heterocycles. The Kier molecular flexibility index (Phi) is 4.73. The standard InChI is InChI=1S/C13H22N2O3S/c1-2-14-7-12(17)15(8-11(14)16)9-13(10-19)3-5-18-6-4-13/h19H,2-10H2,1H3. The van der Waals surface area contributed by atoms with Crippen LogP contribution in [-0.4, -0.2) is 66.8 Å². The summed E-state index contributed by atoms with van der Waals surface area (Å²) in [6.45, 7) is 4.99. The number of ether oxygens (including phenoxy) is 1. The van der Waals surface area contributed by atoms with Crippen LogP contribution in [0.5, 0.6) is 0 Å². The molecule has 0 aromatic rings. The predicted octanol–water partition coefficient (Wildman–Crippen LogP) is 0.404. The van der Waals surface area contributed by atoms with Gasteiger partial charge in [-0.3, -0.25) is 9.59 Å². The molecule has 0 saturated carbocycles. The highest BCUT2D eigenvalue weighted by molar-refractivity contribution is 7.80. The topological polar surface area (TPSA) is 49.9 Å². The van der Waals surface area contributed by atoms with E-state index in [2.05, 4.69) is 12.6 Å². The smallest absolute Gasteiger partial charge is 0.242 e. The van der Waals surface area contributed by atoms with E-state index in [0.29, 0.717) is 13.1 Å². The summed E-state index contributed by atoms with van der Waals surface area (Å²) in [5, 5.41) is 0. The van der Waals surface area contributed by atoms with Gasteiger partial charge in [0.2, 0.25) is 11.8 Å². The van der Waals surface area contributed by atoms with Crippen molar-refractivity contribution < 1.29 is 14.3 Å². The summed E-state index contributed by atoms with van der Waals surface area (Å²) >= 11 is 4.45. The minimum absolute atomic E-state index is 0.00564. The van der Waals surface area contributed by atoms with Gasteiger partial charge in [-0.15, -0.1) is 0 Å². The fraction of sp³-hybridized carbons (Fsp3) is 0.846. The quantitative estimate of drug-likeness (QED) is 0.761. The molecule has 0 atom stereocenters. The summed E-state index contributed by atoms with van der Waals surface area (Å²) < 4.78 is 5.39. The SMILES string of the molecule is CCN1CC(=O)N(CC2(CS)CCOCC2)CC1=O. The van der Waals surface area contributed by atoms with Gasteiger partial charge in [0.05, 0.1) is 13.1 Å². The summed E-state index contributed by atoms with van der Waals surface area (Å²) in [6.07, 6.45) is 1.82. The maximum atomic E-state index is 12.1. The van der Waals surface area contributed by atoms with Crippen LogP contribution in [0, 0.1) is 5.41 Å². The lowest BCUT2D eigenvalue weighted by molar-refractivity contribution is -0.151. The van der Waals surface area contributed by atoms with Crippen molar-refractivity contribution in [1.82, 2.24) is 9.80 Å². The van der Waals surface area contributed by atoms with E-state index in [-0.39, 0.29) is 30.3 Å². The Morgan fingerprint density at radius 2 is 1.74 bits per heavy atom. The number of likely N-dealkylation sites (N-methyl/N-ethyl adjacent to an activating group) is 1. The second-order valence-electron chi connectivity index (χ2n) is 5.43. The summed E-state index contributed by atoms with van der Waals surface area (Å²) in [4.78, 5) is 27.3. The van der Waals surface area contributed by atoms with Gasteiger partial charge in [-0.2, -0.15) is 12.6 Å². The minimum Gasteiger partial charge on any atom is -0.381 e. The van der Waals surface area contributed by atoms with Crippen LogP contribution < -0.4 is 0 Å². The average molecular weight is 286 g/mol. The van der Waals surface area contributed by atoms with Gasteiger partial charge in [0.25, 0.3) is 0 Å². The van der Waals surface area contributed by atoms with Crippen LogP contribution in [0.3, 0.4) is 0 Å². The van der Waals surface area contributed by atoms with Crippen molar-refractivity contribution in [1.29, 1.82) is 0 Å². The van der Waals surface area contributed by atoms with E-state index in [1.165, 1.54) is 0 Å². The number of thiol groups is 1. The maximum Gasteiger partial charge on any atom is 0.242 e. The molecule has 108 valence electrons. The number of nitrogens with zero attached hydrogens (tertiary/aromatic N) is 2. The van der Waals surface area contributed by atoms with Crippen LogP contribution >= 0.6 is 12.6 Å². The maximum absolute atomic E-state index is 12.1. The van der Waals surface area contributed by atoms with Crippen LogP contribution in [0.2, 0.25) is 0 Å². The molecule has 0 aliphatic carbocycles. The first kappa shape index (κ1) is 14.7. The molecule has 0 spiro atoms. The van der Waals surface area contributed by atoms with Crippen LogP contribution in [-0.2, 0) is 14.3 Å². The molecule has 2 amide bonds. The lowest BCUT2D eigenvalue weighted by atomic mass is 9.81. The van der Waals surface area contributed by atoms with Gasteiger partial charge < -0.3 is 14.5 Å². The van der Waals surface area contributed by atoms with Crippen LogP contribution in [0.4, 0.5) is 0 Å². The Hall–Kier alpha value is -0.750. The first-order chi connectivity index (χ1) is 9.10. The van der Waals surface area contributed by atoms with Crippen molar-refractivity contribution in [2.75, 3.05) is 45.1 Å². The second-order valence-corrected chi connectivity index (χ2v) is 5.74. The van der Waals surface area contributed by atoms with Gasteiger partial charge in [0.1, 0.15) is 0 Å². The van der Waals surface area contributed by atoms with E-state index in [4.69, 9.17) is 4.74 Å². The first-order valence-corrected chi connectivity index (χ1v) is 7.47. The van der Waals surface area contributed by atoms with Crippen molar-refractivity contribution in [3.63, 3.8) is 0 Å². The van der Waals surface area contributed by atoms with Crippen molar-refractivity contribution >= 4 is 24.4 Å². The molecular formula is C13H22N2O3S. The monoisotopic (exact) mass is 286 g/mol. The fourth-order valence-electron chi connectivity index (χ4n) is 2.71. The molecule has 2 aliphatic heterocycles. The molecule has 0 bridgehead atoms. The number of amides is 2. The van der Waals surface area contributed by atoms with Gasteiger partial charge in [-0.1, -0.05) is 0 Å². The molecule has 0 aromatic heterocycles. The van der Waals surface area contributed by atoms with Gasteiger partial charge in [-0.25, -0.2) is 0 Å². The van der Waals surface area contributed by atoms with E-state index in [1.807, 2.05) is 6.92 Å². The molecule has 0 aromatic carbocycles. The number of carbonyl (C=O) groups excluding carboxylic acids is 2. The molecule has 2 rings (SSSR count). The van der Waals surface area contributed by atoms with Gasteiger partial charge >= 0.3 is 0 Å². The van der Waals surface area contributed by atoms with Gasteiger partial charge in [0.15, 0.2) is 0 Å². The third kappa shape index (κ3) is 3.23. The number of rotatable bonds is 4. The molecule has 2 heterocycles. The van der Waals surface area contributed by atoms with E-state index in [0.717, 1.165) is 31.8 Å². The molecule has 6 heteroatoms. The average Bonchev–Trinajstić information content (AvgIpc) is 2.43. The van der Waals surface area contributed by atoms with E-state index in [1.54, 1.807) is 9.80 Å². The number of hydrogen-bond acceptors (Lipinski definition) is 4. The van der Waals surface area contributed by atoms with Gasteiger partial charge in [-0.05, 0) is 25.5 Å². The molecular weight excluding hydrogens is 264 g/mol. The van der Waals surface area contributed by atoms with E-state index < -0.39 is 0 Å². The molecule has 19 heavy (non-hydrogen) atoms. The highest BCUT2D eigenvalue weighted by Crippen LogP contribution is 2.33. The van der Waals surface area contributed by atoms with Crippen LogP contribution in [0.25, 0.3) is 0 Å². The van der Waals surface area contributed by atoms with Crippen molar-refractivity contribution in [2.45, 2.75) is 19.8 Å². The molecule has 2 fully saturated rings. The molecule has 0 radical (unpaired) electrons. The van der Waals surface area contributed by atoms with Crippen LogP contribution in [0.15, 0.2) is 0 Å². The first-order valence-electron chi connectivity index (χ1n) is 6.84. The minimum atomic E-state index is 0.00564. The predicted molar refractivity (Wildman–Crippen MR) is 75.2 cm³/mol. The summed E-state index contributed by atoms with van der Waals surface area (Å²) in [6, 6.07) is 0. The third-order valence-corrected chi connectivity index (χ3v) is 4.83. The Morgan fingerprint density at radius 1 is 1.16 bits per heavy atom. The number of carbonyl (C=O) groups is 2. The van der Waals surface area contributed by atoms with Crippen molar-refractivity contribution in [2.24, 2.45) is 5.41 Å². The summed E-state index contributed by atoms with van der Waals surface area (Å²) in [7, 11) is 0. The fourth-order valence-corrected chi connectivity index (χ4v) is 3.13. The number of hydrogen-bond donors (Lipinski definition) is 1. The Bertz CT molecular complexity index is 356. The Balaban J connectivity index is 2.01. The zero-order valence-electron chi connectivity index (χ0n) is 11.4. The van der Waals surface area contributed by atoms with Crippen molar-refractivity contribution in [3.8, 4) is 0 Å². The lowest BCUT2D eigenvalue weighted by Gasteiger charge is -2.42. The molecule has 5 nitrogen and oxygen atoms in total. The second kappa shape index (κ2) is 6.13. The highest BCUT2D eigenvalue weighted by Gasteiger charge is 2.37. The molecule has 2 aliphatic rings. The lowest BCUT2D eigenvalue weighted by Crippen LogP contribution is -2.56. The normalized spacial score (nSPS) is 23.9.